The zero-order chi connectivity index (χ0) is 13.9. The Morgan fingerprint density at radius 2 is 2.00 bits per heavy atom. The van der Waals surface area contributed by atoms with E-state index in [4.69, 9.17) is 0 Å². The third kappa shape index (κ3) is 3.94. The highest BCUT2D eigenvalue weighted by Gasteiger charge is 2.20. The summed E-state index contributed by atoms with van der Waals surface area (Å²) in [6.45, 7) is 4.78. The molecule has 0 saturated carbocycles. The lowest BCUT2D eigenvalue weighted by molar-refractivity contribution is 0.202. The molecule has 1 aromatic carbocycles. The Bertz CT molecular complexity index is 519. The number of piperidine rings is 1. The molecule has 2 rings (SSSR count). The van der Waals surface area contributed by atoms with Crippen LogP contribution in [-0.2, 0) is 9.84 Å². The molecule has 0 aromatic heterocycles. The Kier molecular flexibility index (Phi) is 4.47. The van der Waals surface area contributed by atoms with Crippen LogP contribution >= 0.6 is 0 Å². The number of aromatic hydroxyl groups is 1. The number of phenolic OH excluding ortho intramolecular Hbond substituents is 1. The van der Waals surface area contributed by atoms with Crippen molar-refractivity contribution in [3.63, 3.8) is 0 Å². The summed E-state index contributed by atoms with van der Waals surface area (Å²) >= 11 is 0. The van der Waals surface area contributed by atoms with E-state index < -0.39 is 9.84 Å². The molecule has 0 radical (unpaired) electrons. The Morgan fingerprint density at radius 3 is 2.63 bits per heavy atom. The second-order valence-corrected chi connectivity index (χ2v) is 7.45. The highest BCUT2D eigenvalue weighted by Crippen LogP contribution is 2.19. The Hall–Kier alpha value is -1.07. The van der Waals surface area contributed by atoms with Gasteiger partial charge in [-0.25, -0.2) is 8.42 Å². The van der Waals surface area contributed by atoms with Crippen LogP contribution in [0.25, 0.3) is 0 Å². The van der Waals surface area contributed by atoms with Crippen molar-refractivity contribution in [1.29, 1.82) is 0 Å². The first kappa shape index (κ1) is 14.3. The summed E-state index contributed by atoms with van der Waals surface area (Å²) < 4.78 is 24.3. The van der Waals surface area contributed by atoms with Crippen LogP contribution in [0.1, 0.15) is 19.8 Å². The van der Waals surface area contributed by atoms with Gasteiger partial charge in [-0.15, -0.1) is 0 Å². The van der Waals surface area contributed by atoms with Gasteiger partial charge in [-0.1, -0.05) is 13.0 Å². The van der Waals surface area contributed by atoms with E-state index in [9.17, 15) is 13.5 Å². The van der Waals surface area contributed by atoms with Crippen molar-refractivity contribution in [3.8, 4) is 5.75 Å². The smallest absolute Gasteiger partial charge is 0.179 e. The minimum atomic E-state index is -3.30. The van der Waals surface area contributed by atoms with Crippen LogP contribution < -0.4 is 0 Å². The van der Waals surface area contributed by atoms with Crippen molar-refractivity contribution >= 4 is 9.84 Å². The van der Waals surface area contributed by atoms with Gasteiger partial charge in [-0.05, 0) is 50.0 Å². The molecular formula is C14H21NO3S. The molecule has 1 fully saturated rings. The minimum absolute atomic E-state index is 0.00660. The van der Waals surface area contributed by atoms with E-state index in [1.165, 1.54) is 18.2 Å². The maximum absolute atomic E-state index is 12.2. The number of rotatable bonds is 4. The van der Waals surface area contributed by atoms with E-state index in [-0.39, 0.29) is 16.4 Å². The van der Waals surface area contributed by atoms with Crippen molar-refractivity contribution in [3.05, 3.63) is 24.3 Å². The molecule has 4 nitrogen and oxygen atoms in total. The van der Waals surface area contributed by atoms with Gasteiger partial charge in [-0.2, -0.15) is 0 Å². The Labute approximate surface area is 115 Å². The van der Waals surface area contributed by atoms with Gasteiger partial charge >= 0.3 is 0 Å². The molecule has 0 aliphatic carbocycles. The summed E-state index contributed by atoms with van der Waals surface area (Å²) in [7, 11) is -3.30. The number of nitrogens with zero attached hydrogens (tertiary/aromatic N) is 1. The molecule has 0 bridgehead atoms. The van der Waals surface area contributed by atoms with Gasteiger partial charge in [0, 0.05) is 6.54 Å². The molecule has 106 valence electrons. The lowest BCUT2D eigenvalue weighted by Crippen LogP contribution is -2.36. The summed E-state index contributed by atoms with van der Waals surface area (Å²) in [6.07, 6.45) is 2.29. The number of hydrogen-bond donors (Lipinski definition) is 1. The summed E-state index contributed by atoms with van der Waals surface area (Å²) in [5.41, 5.74) is 0. The average Bonchev–Trinajstić information content (AvgIpc) is 2.38. The standard InChI is InChI=1S/C14H21NO3S/c1-12-5-7-15(8-6-12)9-10-19(17,18)14-4-2-3-13(16)11-14/h2-4,11-12,16H,5-10H2,1H3. The Morgan fingerprint density at radius 1 is 1.32 bits per heavy atom. The highest BCUT2D eigenvalue weighted by atomic mass is 32.2. The molecule has 1 aliphatic rings. The molecule has 1 N–H and O–H groups in total. The van der Waals surface area contributed by atoms with Crippen LogP contribution in [0.15, 0.2) is 29.2 Å². The number of sulfone groups is 1. The Balaban J connectivity index is 1.95. The van der Waals surface area contributed by atoms with Gasteiger partial charge in [-0.3, -0.25) is 0 Å². The lowest BCUT2D eigenvalue weighted by Gasteiger charge is -2.29. The average molecular weight is 283 g/mol. The van der Waals surface area contributed by atoms with Crippen molar-refractivity contribution in [2.45, 2.75) is 24.7 Å². The quantitative estimate of drug-likeness (QED) is 0.917. The number of benzene rings is 1. The highest BCUT2D eigenvalue weighted by molar-refractivity contribution is 7.91. The van der Waals surface area contributed by atoms with Crippen LogP contribution in [0, 0.1) is 5.92 Å². The van der Waals surface area contributed by atoms with Crippen LogP contribution in [0.5, 0.6) is 5.75 Å². The van der Waals surface area contributed by atoms with E-state index >= 15 is 0 Å². The van der Waals surface area contributed by atoms with Gasteiger partial charge in [0.05, 0.1) is 10.6 Å². The summed E-state index contributed by atoms with van der Waals surface area (Å²) in [5, 5.41) is 9.35. The molecule has 0 atom stereocenters. The largest absolute Gasteiger partial charge is 0.508 e. The number of phenols is 1. The third-order valence-corrected chi connectivity index (χ3v) is 5.42. The molecule has 5 heteroatoms. The van der Waals surface area contributed by atoms with Gasteiger partial charge in [0.2, 0.25) is 0 Å². The SMILES string of the molecule is CC1CCN(CCS(=O)(=O)c2cccc(O)c2)CC1. The van der Waals surface area contributed by atoms with E-state index in [1.54, 1.807) is 6.07 Å². The monoisotopic (exact) mass is 283 g/mol. The van der Waals surface area contributed by atoms with Gasteiger partial charge in [0.1, 0.15) is 5.75 Å². The molecule has 0 spiro atoms. The molecule has 0 unspecified atom stereocenters. The van der Waals surface area contributed by atoms with Gasteiger partial charge in [0.15, 0.2) is 9.84 Å². The van der Waals surface area contributed by atoms with E-state index in [1.807, 2.05) is 0 Å². The summed E-state index contributed by atoms with van der Waals surface area (Å²) in [6, 6.07) is 5.89. The predicted octanol–water partition coefficient (Wildman–Crippen LogP) is 1.90. The van der Waals surface area contributed by atoms with Crippen LogP contribution in [0.2, 0.25) is 0 Å². The molecular weight excluding hydrogens is 262 g/mol. The fraction of sp³-hybridized carbons (Fsp3) is 0.571. The first-order valence-electron chi connectivity index (χ1n) is 6.71. The number of likely N-dealkylation sites (tertiary alicyclic amines) is 1. The normalized spacial score (nSPS) is 18.6. The lowest BCUT2D eigenvalue weighted by atomic mass is 9.99. The van der Waals surface area contributed by atoms with Gasteiger partial charge in [0.25, 0.3) is 0 Å². The topological polar surface area (TPSA) is 57.6 Å². The molecule has 19 heavy (non-hydrogen) atoms. The van der Waals surface area contributed by atoms with E-state index in [2.05, 4.69) is 11.8 Å². The first-order chi connectivity index (χ1) is 8.97. The zero-order valence-electron chi connectivity index (χ0n) is 11.2. The minimum Gasteiger partial charge on any atom is -0.508 e. The predicted molar refractivity (Wildman–Crippen MR) is 75.0 cm³/mol. The van der Waals surface area contributed by atoms with Crippen LogP contribution in [-0.4, -0.2) is 43.8 Å². The molecule has 1 saturated heterocycles. The van der Waals surface area contributed by atoms with Crippen LogP contribution in [0.3, 0.4) is 0 Å². The fourth-order valence-electron chi connectivity index (χ4n) is 2.33. The molecule has 0 amide bonds. The second-order valence-electron chi connectivity index (χ2n) is 5.34. The van der Waals surface area contributed by atoms with E-state index in [0.29, 0.717) is 6.54 Å². The van der Waals surface area contributed by atoms with Crippen molar-refractivity contribution in [2.75, 3.05) is 25.4 Å². The number of hydrogen-bond acceptors (Lipinski definition) is 4. The summed E-state index contributed by atoms with van der Waals surface area (Å²) in [4.78, 5) is 2.42. The molecule has 1 heterocycles. The van der Waals surface area contributed by atoms with Crippen molar-refractivity contribution in [1.82, 2.24) is 4.90 Å². The third-order valence-electron chi connectivity index (χ3n) is 3.73. The molecule has 1 aromatic rings. The second kappa shape index (κ2) is 5.92. The maximum atomic E-state index is 12.2. The maximum Gasteiger partial charge on any atom is 0.179 e. The molecule has 1 aliphatic heterocycles. The zero-order valence-corrected chi connectivity index (χ0v) is 12.1. The van der Waals surface area contributed by atoms with Gasteiger partial charge < -0.3 is 10.0 Å². The van der Waals surface area contributed by atoms with Crippen LogP contribution in [0.4, 0.5) is 0 Å². The summed E-state index contributed by atoms with van der Waals surface area (Å²) in [5.74, 6) is 0.858. The van der Waals surface area contributed by atoms with Crippen molar-refractivity contribution < 1.29 is 13.5 Å². The fourth-order valence-corrected chi connectivity index (χ4v) is 3.65. The van der Waals surface area contributed by atoms with Crippen molar-refractivity contribution in [2.24, 2.45) is 5.92 Å². The first-order valence-corrected chi connectivity index (χ1v) is 8.37. The van der Waals surface area contributed by atoms with E-state index in [0.717, 1.165) is 31.8 Å².